The van der Waals surface area contributed by atoms with Gasteiger partial charge in [0.1, 0.15) is 0 Å². The number of amides is 3. The maximum atomic E-state index is 12.9. The average Bonchev–Trinajstić information content (AvgIpc) is 3.13. The highest BCUT2D eigenvalue weighted by atomic mass is 32.2. The van der Waals surface area contributed by atoms with Crippen LogP contribution < -0.4 is 10.6 Å². The molecule has 6 nitrogen and oxygen atoms in total. The largest absolute Gasteiger partial charge is 0.501 e. The molecule has 0 radical (unpaired) electrons. The molecule has 1 fully saturated rings. The predicted octanol–water partition coefficient (Wildman–Crippen LogP) is 3.27. The molecular weight excluding hydrogens is 397 g/mol. The Morgan fingerprint density at radius 2 is 1.79 bits per heavy atom. The number of hydrogen-bond acceptors (Lipinski definition) is 4. The number of nitrogens with one attached hydrogen (secondary N) is 2. The fraction of sp³-hybridized carbons (Fsp3) is 0.556. The van der Waals surface area contributed by atoms with Crippen molar-refractivity contribution in [1.82, 2.24) is 10.6 Å². The van der Waals surface area contributed by atoms with Gasteiger partial charge in [-0.2, -0.15) is 13.2 Å². The van der Waals surface area contributed by atoms with Crippen LogP contribution in [0.3, 0.4) is 0 Å². The van der Waals surface area contributed by atoms with Gasteiger partial charge in [0.05, 0.1) is 10.3 Å². The Hall–Kier alpha value is -2.10. The highest BCUT2D eigenvalue weighted by Gasteiger charge is 2.47. The first-order chi connectivity index (χ1) is 12.9. The van der Waals surface area contributed by atoms with E-state index in [0.717, 1.165) is 37.8 Å². The minimum atomic E-state index is -5.55. The number of urea groups is 1. The number of benzene rings is 1. The van der Waals surface area contributed by atoms with Gasteiger partial charge in [-0.15, -0.1) is 0 Å². The molecule has 2 N–H and O–H groups in total. The van der Waals surface area contributed by atoms with Gasteiger partial charge in [-0.25, -0.2) is 13.2 Å². The van der Waals surface area contributed by atoms with Crippen molar-refractivity contribution in [3.63, 3.8) is 0 Å². The molecule has 10 heteroatoms. The van der Waals surface area contributed by atoms with E-state index in [1.54, 1.807) is 0 Å². The van der Waals surface area contributed by atoms with Crippen LogP contribution >= 0.6 is 0 Å². The van der Waals surface area contributed by atoms with E-state index < -0.39 is 37.6 Å². The summed E-state index contributed by atoms with van der Waals surface area (Å²) in [6.45, 7) is 1.52. The quantitative estimate of drug-likeness (QED) is 0.765. The van der Waals surface area contributed by atoms with Crippen molar-refractivity contribution >= 4 is 21.8 Å². The zero-order chi connectivity index (χ0) is 21.2. The number of alkyl halides is 3. The molecule has 2 rings (SSSR count). The Labute approximate surface area is 161 Å². The van der Waals surface area contributed by atoms with E-state index in [4.69, 9.17) is 0 Å². The first kappa shape index (κ1) is 22.2. The second-order valence-corrected chi connectivity index (χ2v) is 9.14. The maximum absolute atomic E-state index is 12.9. The van der Waals surface area contributed by atoms with Gasteiger partial charge in [0.15, 0.2) is 0 Å². The third-order valence-electron chi connectivity index (χ3n) is 5.21. The van der Waals surface area contributed by atoms with Gasteiger partial charge in [-0.3, -0.25) is 10.1 Å². The van der Waals surface area contributed by atoms with Gasteiger partial charge < -0.3 is 5.32 Å². The Morgan fingerprint density at radius 1 is 1.18 bits per heavy atom. The van der Waals surface area contributed by atoms with E-state index in [9.17, 15) is 31.2 Å². The standard InChI is InChI=1S/C18H23F3N2O4S/c1-17(11-12-6-3-4-7-12,15(24)23-16(25)22-2)13-8-5-9-14(10-13)28(26,27)18(19,20)21/h5,8-10,12H,3-4,6-7,11H2,1-2H3,(H2,22,23,24,25). The summed E-state index contributed by atoms with van der Waals surface area (Å²) in [5.41, 5.74) is -6.69. The fourth-order valence-electron chi connectivity index (χ4n) is 3.58. The molecule has 0 saturated heterocycles. The van der Waals surface area contributed by atoms with Crippen LogP contribution in [0.4, 0.5) is 18.0 Å². The summed E-state index contributed by atoms with van der Waals surface area (Å²) in [6.07, 6.45) is 4.00. The Morgan fingerprint density at radius 3 is 2.32 bits per heavy atom. The molecule has 1 saturated carbocycles. The minimum Gasteiger partial charge on any atom is -0.341 e. The van der Waals surface area contributed by atoms with Crippen molar-refractivity contribution in [3.05, 3.63) is 29.8 Å². The summed E-state index contributed by atoms with van der Waals surface area (Å²) < 4.78 is 62.4. The Bertz CT molecular complexity index is 849. The topological polar surface area (TPSA) is 92.3 Å². The summed E-state index contributed by atoms with van der Waals surface area (Å²) in [4.78, 5) is 23.5. The van der Waals surface area contributed by atoms with E-state index in [0.29, 0.717) is 6.42 Å². The summed E-state index contributed by atoms with van der Waals surface area (Å²) in [7, 11) is -4.22. The molecule has 1 aromatic carbocycles. The highest BCUT2D eigenvalue weighted by molar-refractivity contribution is 7.92. The third-order valence-corrected chi connectivity index (χ3v) is 6.70. The maximum Gasteiger partial charge on any atom is 0.501 e. The lowest BCUT2D eigenvalue weighted by atomic mass is 9.74. The minimum absolute atomic E-state index is 0.117. The summed E-state index contributed by atoms with van der Waals surface area (Å²) >= 11 is 0. The smallest absolute Gasteiger partial charge is 0.341 e. The normalized spacial score (nSPS) is 17.8. The molecule has 1 atom stereocenters. The third kappa shape index (κ3) is 4.48. The second-order valence-electron chi connectivity index (χ2n) is 7.20. The van der Waals surface area contributed by atoms with Crippen LogP contribution in [0.15, 0.2) is 29.2 Å². The number of carbonyl (C=O) groups is 2. The number of rotatable bonds is 5. The van der Waals surface area contributed by atoms with Crippen molar-refractivity contribution in [2.24, 2.45) is 5.92 Å². The van der Waals surface area contributed by atoms with Gasteiger partial charge in [-0.05, 0) is 37.0 Å². The lowest BCUT2D eigenvalue weighted by molar-refractivity contribution is -0.125. The van der Waals surface area contributed by atoms with E-state index in [1.807, 2.05) is 0 Å². The monoisotopic (exact) mass is 420 g/mol. The van der Waals surface area contributed by atoms with E-state index in [2.05, 4.69) is 10.6 Å². The zero-order valence-corrected chi connectivity index (χ0v) is 16.4. The number of sulfone groups is 1. The molecule has 0 aliphatic heterocycles. The molecule has 0 aromatic heterocycles. The second kappa shape index (κ2) is 8.10. The van der Waals surface area contributed by atoms with Gasteiger partial charge in [0.2, 0.25) is 5.91 Å². The molecule has 1 aliphatic carbocycles. The van der Waals surface area contributed by atoms with Crippen LogP contribution in [0.5, 0.6) is 0 Å². The Balaban J connectivity index is 2.49. The van der Waals surface area contributed by atoms with Crippen LogP contribution in [0.2, 0.25) is 0 Å². The lowest BCUT2D eigenvalue weighted by Gasteiger charge is -2.31. The van der Waals surface area contributed by atoms with Crippen LogP contribution in [-0.4, -0.2) is 32.9 Å². The van der Waals surface area contributed by atoms with Gasteiger partial charge in [0, 0.05) is 7.05 Å². The fourth-order valence-corrected chi connectivity index (χ4v) is 4.38. The van der Waals surface area contributed by atoms with Gasteiger partial charge in [-0.1, -0.05) is 37.8 Å². The molecule has 1 aromatic rings. The molecule has 1 aliphatic rings. The molecule has 0 spiro atoms. The molecule has 0 heterocycles. The van der Waals surface area contributed by atoms with Crippen LogP contribution in [0, 0.1) is 5.92 Å². The van der Waals surface area contributed by atoms with E-state index >= 15 is 0 Å². The lowest BCUT2D eigenvalue weighted by Crippen LogP contribution is -2.48. The molecule has 3 amide bonds. The molecular formula is C18H23F3N2O4S. The summed E-state index contributed by atoms with van der Waals surface area (Å²) in [6, 6.07) is 3.56. The van der Waals surface area contributed by atoms with Crippen molar-refractivity contribution in [3.8, 4) is 0 Å². The van der Waals surface area contributed by atoms with E-state index in [-0.39, 0.29) is 11.5 Å². The molecule has 28 heavy (non-hydrogen) atoms. The zero-order valence-electron chi connectivity index (χ0n) is 15.6. The van der Waals surface area contributed by atoms with Crippen molar-refractivity contribution in [2.75, 3.05) is 7.05 Å². The first-order valence-electron chi connectivity index (χ1n) is 8.87. The van der Waals surface area contributed by atoms with Crippen molar-refractivity contribution < 1.29 is 31.2 Å². The van der Waals surface area contributed by atoms with Gasteiger partial charge >= 0.3 is 11.5 Å². The van der Waals surface area contributed by atoms with Crippen LogP contribution in [0.1, 0.15) is 44.6 Å². The summed E-state index contributed by atoms with van der Waals surface area (Å²) in [5, 5.41) is 4.42. The predicted molar refractivity (Wildman–Crippen MR) is 96.2 cm³/mol. The van der Waals surface area contributed by atoms with Crippen molar-refractivity contribution in [1.29, 1.82) is 0 Å². The number of carbonyl (C=O) groups excluding carboxylic acids is 2. The highest BCUT2D eigenvalue weighted by Crippen LogP contribution is 2.40. The SMILES string of the molecule is CNC(=O)NC(=O)C(C)(CC1CCCC1)c1cccc(S(=O)(=O)C(F)(F)F)c1. The first-order valence-corrected chi connectivity index (χ1v) is 10.3. The number of halogens is 3. The summed E-state index contributed by atoms with van der Waals surface area (Å²) in [5.74, 6) is -0.538. The van der Waals surface area contributed by atoms with Crippen LogP contribution in [0.25, 0.3) is 0 Å². The molecule has 1 unspecified atom stereocenters. The van der Waals surface area contributed by atoms with Crippen molar-refractivity contribution in [2.45, 2.75) is 54.8 Å². The van der Waals surface area contributed by atoms with Gasteiger partial charge in [0.25, 0.3) is 9.84 Å². The number of imide groups is 1. The molecule has 156 valence electrons. The van der Waals surface area contributed by atoms with Crippen LogP contribution in [-0.2, 0) is 20.0 Å². The van der Waals surface area contributed by atoms with E-state index in [1.165, 1.54) is 26.1 Å². The average molecular weight is 420 g/mol. The Kier molecular flexibility index (Phi) is 6.42. The molecule has 0 bridgehead atoms. The number of hydrogen-bond donors (Lipinski definition) is 2.